The lowest BCUT2D eigenvalue weighted by Gasteiger charge is -2.34. The maximum atomic E-state index is 12.4. The first kappa shape index (κ1) is 28.0. The summed E-state index contributed by atoms with van der Waals surface area (Å²) in [5.74, 6) is 2.61. The van der Waals surface area contributed by atoms with E-state index < -0.39 is 5.60 Å². The predicted molar refractivity (Wildman–Crippen MR) is 149 cm³/mol. The number of ether oxygens (including phenoxy) is 2. The van der Waals surface area contributed by atoms with Crippen molar-refractivity contribution in [1.82, 2.24) is 14.9 Å². The monoisotopic (exact) mass is 525 g/mol. The van der Waals surface area contributed by atoms with Crippen LogP contribution in [-0.2, 0) is 11.2 Å². The Bertz CT molecular complexity index is 1090. The van der Waals surface area contributed by atoms with Crippen molar-refractivity contribution >= 4 is 23.4 Å². The van der Waals surface area contributed by atoms with Crippen molar-refractivity contribution in [3.63, 3.8) is 0 Å². The number of nitrogens with zero attached hydrogens (tertiary/aromatic N) is 3. The molecule has 4 rings (SSSR count). The van der Waals surface area contributed by atoms with Crippen LogP contribution in [0.1, 0.15) is 83.4 Å². The van der Waals surface area contributed by atoms with Crippen molar-refractivity contribution in [3.8, 4) is 5.75 Å². The van der Waals surface area contributed by atoms with Crippen molar-refractivity contribution in [2.24, 2.45) is 0 Å². The van der Waals surface area contributed by atoms with Gasteiger partial charge in [-0.25, -0.2) is 9.78 Å². The van der Waals surface area contributed by atoms with Gasteiger partial charge in [0, 0.05) is 30.9 Å². The minimum Gasteiger partial charge on any atom is -0.496 e. The molecule has 2 heterocycles. The standard InChI is InChI=1S/C29H43N5O4/c1-6-24-27(32-20-7-10-22(35)11-8-20)33-26(18-30-24)31-21-9-12-23(25(17-21)37-5)19-13-15-34(16-14-19)28(36)38-29(2,3)4/h9,12,17-20,22,35H,6-8,10-11,13-16H2,1-5H3,(H2,31,32,33)/t20-,22-. The summed E-state index contributed by atoms with van der Waals surface area (Å²) in [6.07, 6.45) is 7.34. The molecule has 9 heteroatoms. The second kappa shape index (κ2) is 12.2. The Morgan fingerprint density at radius 2 is 1.84 bits per heavy atom. The second-order valence-electron chi connectivity index (χ2n) is 11.4. The van der Waals surface area contributed by atoms with Crippen LogP contribution in [0.25, 0.3) is 0 Å². The number of rotatable bonds is 7. The van der Waals surface area contributed by atoms with Crippen molar-refractivity contribution in [2.75, 3.05) is 30.8 Å². The molecular weight excluding hydrogens is 482 g/mol. The summed E-state index contributed by atoms with van der Waals surface area (Å²) in [4.78, 5) is 23.7. The number of aliphatic hydroxyl groups excluding tert-OH is 1. The number of methoxy groups -OCH3 is 1. The number of hydrogen-bond donors (Lipinski definition) is 3. The zero-order valence-electron chi connectivity index (χ0n) is 23.4. The van der Waals surface area contributed by atoms with Gasteiger partial charge < -0.3 is 30.1 Å². The highest BCUT2D eigenvalue weighted by Crippen LogP contribution is 2.37. The molecule has 1 saturated heterocycles. The Hall–Kier alpha value is -3.07. The largest absolute Gasteiger partial charge is 0.496 e. The molecule has 0 bridgehead atoms. The van der Waals surface area contributed by atoms with Gasteiger partial charge in [-0.1, -0.05) is 13.0 Å². The van der Waals surface area contributed by atoms with E-state index >= 15 is 0 Å². The normalized spacial score (nSPS) is 20.6. The van der Waals surface area contributed by atoms with Gasteiger partial charge in [0.2, 0.25) is 0 Å². The molecule has 0 unspecified atom stereocenters. The fraction of sp³-hybridized carbons (Fsp3) is 0.621. The lowest BCUT2D eigenvalue weighted by Crippen LogP contribution is -2.41. The lowest BCUT2D eigenvalue weighted by atomic mass is 9.88. The number of benzene rings is 1. The first-order valence-electron chi connectivity index (χ1n) is 13.9. The van der Waals surface area contributed by atoms with Crippen molar-refractivity contribution in [3.05, 3.63) is 35.7 Å². The van der Waals surface area contributed by atoms with Gasteiger partial charge in [0.15, 0.2) is 5.82 Å². The maximum absolute atomic E-state index is 12.4. The number of aliphatic hydroxyl groups is 1. The number of hydrogen-bond acceptors (Lipinski definition) is 8. The number of aromatic nitrogens is 2. The number of likely N-dealkylation sites (tertiary alicyclic amines) is 1. The summed E-state index contributed by atoms with van der Waals surface area (Å²) in [5.41, 5.74) is 2.47. The third-order valence-electron chi connectivity index (χ3n) is 7.31. The first-order valence-corrected chi connectivity index (χ1v) is 13.9. The predicted octanol–water partition coefficient (Wildman–Crippen LogP) is 5.62. The summed E-state index contributed by atoms with van der Waals surface area (Å²) in [6.45, 7) is 9.08. The van der Waals surface area contributed by atoms with E-state index in [9.17, 15) is 9.90 Å². The van der Waals surface area contributed by atoms with Gasteiger partial charge in [0.25, 0.3) is 0 Å². The minimum absolute atomic E-state index is 0.187. The molecule has 0 radical (unpaired) electrons. The molecule has 1 aliphatic heterocycles. The van der Waals surface area contributed by atoms with Crippen LogP contribution in [0, 0.1) is 0 Å². The van der Waals surface area contributed by atoms with Crippen LogP contribution in [-0.4, -0.2) is 64.0 Å². The quantitative estimate of drug-likeness (QED) is 0.427. The second-order valence-corrected chi connectivity index (χ2v) is 11.4. The summed E-state index contributed by atoms with van der Waals surface area (Å²) < 4.78 is 11.3. The molecule has 38 heavy (non-hydrogen) atoms. The highest BCUT2D eigenvalue weighted by Gasteiger charge is 2.29. The van der Waals surface area contributed by atoms with E-state index in [0.717, 1.165) is 73.5 Å². The van der Waals surface area contributed by atoms with E-state index in [1.807, 2.05) is 32.9 Å². The average molecular weight is 526 g/mol. The smallest absolute Gasteiger partial charge is 0.410 e. The Morgan fingerprint density at radius 1 is 1.13 bits per heavy atom. The van der Waals surface area contributed by atoms with Crippen LogP contribution in [0.3, 0.4) is 0 Å². The molecule has 2 aromatic rings. The van der Waals surface area contributed by atoms with E-state index in [-0.39, 0.29) is 12.2 Å². The number of amides is 1. The SMILES string of the molecule is CCc1ncc(Nc2ccc(C3CCN(C(=O)OC(C)(C)C)CC3)c(OC)c2)nc1N[C@H]1CC[C@H](O)CC1. The molecule has 208 valence electrons. The molecule has 1 aromatic heterocycles. The summed E-state index contributed by atoms with van der Waals surface area (Å²) in [7, 11) is 1.69. The summed E-state index contributed by atoms with van der Waals surface area (Å²) in [6, 6.07) is 6.45. The van der Waals surface area contributed by atoms with Crippen LogP contribution in [0.2, 0.25) is 0 Å². The average Bonchev–Trinajstić information content (AvgIpc) is 2.89. The van der Waals surface area contributed by atoms with Gasteiger partial charge in [-0.3, -0.25) is 4.98 Å². The van der Waals surface area contributed by atoms with E-state index in [1.54, 1.807) is 18.2 Å². The molecule has 9 nitrogen and oxygen atoms in total. The van der Waals surface area contributed by atoms with Crippen LogP contribution >= 0.6 is 0 Å². The topological polar surface area (TPSA) is 109 Å². The van der Waals surface area contributed by atoms with Crippen molar-refractivity contribution in [2.45, 2.75) is 96.3 Å². The van der Waals surface area contributed by atoms with Crippen LogP contribution < -0.4 is 15.4 Å². The van der Waals surface area contributed by atoms with E-state index in [0.29, 0.717) is 30.9 Å². The minimum atomic E-state index is -0.489. The first-order chi connectivity index (χ1) is 18.1. The fourth-order valence-corrected chi connectivity index (χ4v) is 5.24. The van der Waals surface area contributed by atoms with Gasteiger partial charge in [-0.2, -0.15) is 0 Å². The molecule has 0 spiro atoms. The Balaban J connectivity index is 1.41. The van der Waals surface area contributed by atoms with Gasteiger partial charge in [0.05, 0.1) is 25.1 Å². The summed E-state index contributed by atoms with van der Waals surface area (Å²) in [5, 5.41) is 16.8. The van der Waals surface area contributed by atoms with E-state index in [4.69, 9.17) is 14.5 Å². The number of aryl methyl sites for hydroxylation is 1. The molecule has 1 saturated carbocycles. The molecular formula is C29H43N5O4. The maximum Gasteiger partial charge on any atom is 0.410 e. The number of carbonyl (C=O) groups is 1. The zero-order valence-corrected chi connectivity index (χ0v) is 23.4. The van der Waals surface area contributed by atoms with E-state index in [2.05, 4.69) is 28.6 Å². The third kappa shape index (κ3) is 7.28. The molecule has 2 aliphatic rings. The van der Waals surface area contributed by atoms with Gasteiger partial charge >= 0.3 is 6.09 Å². The third-order valence-corrected chi connectivity index (χ3v) is 7.31. The van der Waals surface area contributed by atoms with Gasteiger partial charge in [0.1, 0.15) is 17.2 Å². The van der Waals surface area contributed by atoms with Gasteiger partial charge in [-0.15, -0.1) is 0 Å². The Labute approximate surface area is 226 Å². The molecule has 3 N–H and O–H groups in total. The number of nitrogens with one attached hydrogen (secondary N) is 2. The van der Waals surface area contributed by atoms with Crippen molar-refractivity contribution in [1.29, 1.82) is 0 Å². The molecule has 1 aliphatic carbocycles. The molecule has 1 amide bonds. The van der Waals surface area contributed by atoms with Crippen molar-refractivity contribution < 1.29 is 19.4 Å². The van der Waals surface area contributed by atoms with Crippen LogP contribution in [0.5, 0.6) is 5.75 Å². The molecule has 1 aromatic carbocycles. The highest BCUT2D eigenvalue weighted by molar-refractivity contribution is 5.68. The zero-order chi connectivity index (χ0) is 27.3. The summed E-state index contributed by atoms with van der Waals surface area (Å²) >= 11 is 0. The molecule has 0 atom stereocenters. The highest BCUT2D eigenvalue weighted by atomic mass is 16.6. The number of carbonyl (C=O) groups excluding carboxylic acids is 1. The van der Waals surface area contributed by atoms with E-state index in [1.165, 1.54) is 0 Å². The van der Waals surface area contributed by atoms with Crippen LogP contribution in [0.4, 0.5) is 22.1 Å². The number of anilines is 3. The molecule has 2 fully saturated rings. The lowest BCUT2D eigenvalue weighted by molar-refractivity contribution is 0.0204. The fourth-order valence-electron chi connectivity index (χ4n) is 5.24. The van der Waals surface area contributed by atoms with Gasteiger partial charge in [-0.05, 0) is 83.3 Å². The Morgan fingerprint density at radius 3 is 2.47 bits per heavy atom. The Kier molecular flexibility index (Phi) is 8.97. The van der Waals surface area contributed by atoms with Crippen LogP contribution in [0.15, 0.2) is 24.4 Å². The number of piperidine rings is 1.